The lowest BCUT2D eigenvalue weighted by molar-refractivity contribution is -0.143. The molecule has 0 aromatic heterocycles. The zero-order chi connectivity index (χ0) is 14.6. The number of likely N-dealkylation sites (N-methyl/N-ethyl adjacent to an activating group) is 1. The first-order valence-electron chi connectivity index (χ1n) is 6.30. The van der Waals surface area contributed by atoms with Gasteiger partial charge in [0.15, 0.2) is 0 Å². The van der Waals surface area contributed by atoms with Gasteiger partial charge in [0.1, 0.15) is 6.04 Å². The summed E-state index contributed by atoms with van der Waals surface area (Å²) in [6.45, 7) is 2.26. The summed E-state index contributed by atoms with van der Waals surface area (Å²) in [5.41, 5.74) is 0. The Morgan fingerprint density at radius 2 is 2.00 bits per heavy atom. The maximum absolute atomic E-state index is 11.9. The van der Waals surface area contributed by atoms with Gasteiger partial charge in [-0.05, 0) is 18.8 Å². The summed E-state index contributed by atoms with van der Waals surface area (Å²) >= 11 is 0. The Morgan fingerprint density at radius 1 is 1.37 bits per heavy atom. The maximum atomic E-state index is 11.9. The molecule has 1 heterocycles. The van der Waals surface area contributed by atoms with Crippen LogP contribution in [-0.4, -0.2) is 66.0 Å². The third-order valence-electron chi connectivity index (χ3n) is 3.30. The van der Waals surface area contributed by atoms with Crippen LogP contribution in [0, 0.1) is 5.92 Å². The van der Waals surface area contributed by atoms with Crippen molar-refractivity contribution in [1.82, 2.24) is 15.1 Å². The van der Waals surface area contributed by atoms with Crippen LogP contribution in [0.1, 0.15) is 19.8 Å². The van der Waals surface area contributed by atoms with Crippen molar-refractivity contribution in [3.63, 3.8) is 0 Å². The van der Waals surface area contributed by atoms with E-state index in [1.165, 1.54) is 9.80 Å². The van der Waals surface area contributed by atoms with E-state index < -0.39 is 18.0 Å². The summed E-state index contributed by atoms with van der Waals surface area (Å²) in [6.07, 6.45) is 1.23. The molecule has 19 heavy (non-hydrogen) atoms. The highest BCUT2D eigenvalue weighted by molar-refractivity contribution is 5.86. The van der Waals surface area contributed by atoms with E-state index in [2.05, 4.69) is 5.32 Å². The predicted molar refractivity (Wildman–Crippen MR) is 68.6 cm³/mol. The molecule has 1 aliphatic rings. The predicted octanol–water partition coefficient (Wildman–Crippen LogP) is -0.0307. The molecule has 0 aromatic carbocycles. The van der Waals surface area contributed by atoms with Crippen molar-refractivity contribution in [3.05, 3.63) is 0 Å². The van der Waals surface area contributed by atoms with Gasteiger partial charge in [0.25, 0.3) is 0 Å². The van der Waals surface area contributed by atoms with Gasteiger partial charge in [0.05, 0.1) is 6.54 Å². The van der Waals surface area contributed by atoms with E-state index in [1.54, 1.807) is 14.1 Å². The molecular weight excluding hydrogens is 250 g/mol. The largest absolute Gasteiger partial charge is 0.480 e. The Kier molecular flexibility index (Phi) is 5.14. The number of nitrogens with zero attached hydrogens (tertiary/aromatic N) is 2. The average molecular weight is 271 g/mol. The molecule has 1 aliphatic heterocycles. The van der Waals surface area contributed by atoms with Gasteiger partial charge in [0.2, 0.25) is 5.91 Å². The van der Waals surface area contributed by atoms with Crippen molar-refractivity contribution in [1.29, 1.82) is 0 Å². The number of carbonyl (C=O) groups excluding carboxylic acids is 2. The molecule has 1 saturated heterocycles. The molecule has 2 N–H and O–H groups in total. The van der Waals surface area contributed by atoms with E-state index in [4.69, 9.17) is 5.11 Å². The van der Waals surface area contributed by atoms with Crippen LogP contribution in [-0.2, 0) is 9.59 Å². The smallest absolute Gasteiger partial charge is 0.326 e. The first-order chi connectivity index (χ1) is 8.82. The third-order valence-corrected chi connectivity index (χ3v) is 3.30. The summed E-state index contributed by atoms with van der Waals surface area (Å²) < 4.78 is 0. The molecule has 1 fully saturated rings. The molecule has 0 bridgehead atoms. The van der Waals surface area contributed by atoms with Gasteiger partial charge in [-0.1, -0.05) is 6.92 Å². The fraction of sp³-hybridized carbons (Fsp3) is 0.750. The van der Waals surface area contributed by atoms with Crippen LogP contribution in [0.5, 0.6) is 0 Å². The van der Waals surface area contributed by atoms with E-state index in [1.807, 2.05) is 6.92 Å². The van der Waals surface area contributed by atoms with Crippen molar-refractivity contribution in [2.24, 2.45) is 5.92 Å². The number of hydrogen-bond donors (Lipinski definition) is 2. The number of hydrogen-bond acceptors (Lipinski definition) is 3. The highest BCUT2D eigenvalue weighted by Gasteiger charge is 2.34. The topological polar surface area (TPSA) is 90.0 Å². The molecule has 2 unspecified atom stereocenters. The Morgan fingerprint density at radius 3 is 2.53 bits per heavy atom. The zero-order valence-corrected chi connectivity index (χ0v) is 11.5. The van der Waals surface area contributed by atoms with E-state index in [9.17, 15) is 14.4 Å². The van der Waals surface area contributed by atoms with Gasteiger partial charge in [-0.15, -0.1) is 0 Å². The van der Waals surface area contributed by atoms with E-state index >= 15 is 0 Å². The fourth-order valence-corrected chi connectivity index (χ4v) is 2.03. The fourth-order valence-electron chi connectivity index (χ4n) is 2.03. The summed E-state index contributed by atoms with van der Waals surface area (Å²) in [4.78, 5) is 37.1. The minimum Gasteiger partial charge on any atom is -0.480 e. The van der Waals surface area contributed by atoms with Crippen molar-refractivity contribution < 1.29 is 19.5 Å². The molecule has 0 aliphatic carbocycles. The van der Waals surface area contributed by atoms with Crippen LogP contribution < -0.4 is 5.32 Å². The van der Waals surface area contributed by atoms with Crippen LogP contribution in [0.2, 0.25) is 0 Å². The lowest BCUT2D eigenvalue weighted by Gasteiger charge is -2.35. The molecule has 7 nitrogen and oxygen atoms in total. The summed E-state index contributed by atoms with van der Waals surface area (Å²) in [5, 5.41) is 11.6. The molecule has 2 atom stereocenters. The molecule has 3 amide bonds. The van der Waals surface area contributed by atoms with Crippen molar-refractivity contribution in [3.8, 4) is 0 Å². The maximum Gasteiger partial charge on any atom is 0.326 e. The second-order valence-electron chi connectivity index (χ2n) is 5.12. The second-order valence-corrected chi connectivity index (χ2v) is 5.12. The van der Waals surface area contributed by atoms with Crippen molar-refractivity contribution in [2.45, 2.75) is 25.8 Å². The number of carboxylic acids is 1. The normalized spacial score (nSPS) is 22.8. The van der Waals surface area contributed by atoms with Gasteiger partial charge in [0, 0.05) is 20.6 Å². The number of nitrogens with one attached hydrogen (secondary N) is 1. The lowest BCUT2D eigenvalue weighted by atomic mass is 9.93. The lowest BCUT2D eigenvalue weighted by Crippen LogP contribution is -2.54. The number of amides is 3. The third kappa shape index (κ3) is 4.11. The highest BCUT2D eigenvalue weighted by Crippen LogP contribution is 2.22. The molecule has 0 spiro atoms. The minimum atomic E-state index is -0.999. The Bertz CT molecular complexity index is 370. The van der Waals surface area contributed by atoms with Crippen molar-refractivity contribution >= 4 is 17.9 Å². The molecular formula is C12H21N3O4. The number of rotatable bonds is 3. The average Bonchev–Trinajstić information content (AvgIpc) is 2.35. The zero-order valence-electron chi connectivity index (χ0n) is 11.5. The quantitative estimate of drug-likeness (QED) is 0.754. The Labute approximate surface area is 112 Å². The second kappa shape index (κ2) is 6.40. The van der Waals surface area contributed by atoms with Crippen LogP contribution in [0.15, 0.2) is 0 Å². The Balaban J connectivity index is 2.59. The first kappa shape index (κ1) is 15.3. The van der Waals surface area contributed by atoms with Gasteiger partial charge < -0.3 is 20.2 Å². The van der Waals surface area contributed by atoms with Crippen LogP contribution >= 0.6 is 0 Å². The van der Waals surface area contributed by atoms with E-state index in [-0.39, 0.29) is 18.4 Å². The van der Waals surface area contributed by atoms with Crippen LogP contribution in [0.4, 0.5) is 4.79 Å². The molecule has 0 aromatic rings. The number of carboxylic acid groups (broad SMARTS) is 1. The number of urea groups is 1. The van der Waals surface area contributed by atoms with Crippen molar-refractivity contribution in [2.75, 3.05) is 27.2 Å². The van der Waals surface area contributed by atoms with Gasteiger partial charge in [-0.3, -0.25) is 4.79 Å². The SMILES string of the molecule is CC1CCN(C(=O)NCC(=O)N(C)C)C(C(=O)O)C1. The van der Waals surface area contributed by atoms with E-state index in [0.717, 1.165) is 6.42 Å². The van der Waals surface area contributed by atoms with Crippen LogP contribution in [0.3, 0.4) is 0 Å². The Hall–Kier alpha value is -1.79. The van der Waals surface area contributed by atoms with E-state index in [0.29, 0.717) is 13.0 Å². The van der Waals surface area contributed by atoms with Gasteiger partial charge in [-0.2, -0.15) is 0 Å². The van der Waals surface area contributed by atoms with Gasteiger partial charge >= 0.3 is 12.0 Å². The molecule has 108 valence electrons. The monoisotopic (exact) mass is 271 g/mol. The summed E-state index contributed by atoms with van der Waals surface area (Å²) in [6, 6.07) is -1.30. The number of carbonyl (C=O) groups is 3. The molecule has 7 heteroatoms. The minimum absolute atomic E-state index is 0.121. The first-order valence-corrected chi connectivity index (χ1v) is 6.30. The van der Waals surface area contributed by atoms with Crippen LogP contribution in [0.25, 0.3) is 0 Å². The number of likely N-dealkylation sites (tertiary alicyclic amines) is 1. The summed E-state index contributed by atoms with van der Waals surface area (Å²) in [7, 11) is 3.19. The molecule has 0 radical (unpaired) electrons. The summed E-state index contributed by atoms with van der Waals surface area (Å²) in [5.74, 6) is -0.945. The molecule has 1 rings (SSSR count). The van der Waals surface area contributed by atoms with Gasteiger partial charge in [-0.25, -0.2) is 9.59 Å². The number of piperidine rings is 1. The standard InChI is InChI=1S/C12H21N3O4/c1-8-4-5-15(9(6-8)11(17)18)12(19)13-7-10(16)14(2)3/h8-9H,4-7H2,1-3H3,(H,13,19)(H,17,18). The molecule has 0 saturated carbocycles. The highest BCUT2D eigenvalue weighted by atomic mass is 16.4. The number of aliphatic carboxylic acids is 1.